The fourth-order valence-electron chi connectivity index (χ4n) is 1.91. The van der Waals surface area contributed by atoms with Crippen LogP contribution in [-0.4, -0.2) is 58.9 Å². The maximum Gasteiger partial charge on any atom is 0.303 e. The van der Waals surface area contributed by atoms with Crippen LogP contribution >= 0.6 is 0 Å². The summed E-state index contributed by atoms with van der Waals surface area (Å²) in [5.41, 5.74) is 0. The third-order valence-corrected chi connectivity index (χ3v) is 3.02. The van der Waals surface area contributed by atoms with Gasteiger partial charge in [0, 0.05) is 32.1 Å². The molecule has 0 spiro atoms. The molecule has 142 valence electrons. The van der Waals surface area contributed by atoms with Gasteiger partial charge in [-0.15, -0.1) is 0 Å². The van der Waals surface area contributed by atoms with Crippen LogP contribution in [0.5, 0.6) is 0 Å². The van der Waals surface area contributed by atoms with Gasteiger partial charge in [-0.3, -0.25) is 24.5 Å². The highest BCUT2D eigenvalue weighted by atomic mass is 16.6. The molecule has 0 fully saturated rings. The van der Waals surface area contributed by atoms with Crippen molar-refractivity contribution in [3.63, 3.8) is 0 Å². The molecular formula is C15H23NO9. The van der Waals surface area contributed by atoms with Crippen LogP contribution in [0.4, 0.5) is 0 Å². The Labute approximate surface area is 144 Å². The molecule has 0 aromatic heterocycles. The molecule has 0 aromatic rings. The van der Waals surface area contributed by atoms with Gasteiger partial charge in [-0.05, 0) is 12.2 Å². The van der Waals surface area contributed by atoms with E-state index in [2.05, 4.69) is 0 Å². The van der Waals surface area contributed by atoms with E-state index in [-0.39, 0.29) is 13.0 Å². The van der Waals surface area contributed by atoms with Gasteiger partial charge in [0.05, 0.1) is 0 Å². The second-order valence-corrected chi connectivity index (χ2v) is 5.16. The predicted molar refractivity (Wildman–Crippen MR) is 84.0 cm³/mol. The Bertz CT molecular complexity index is 517. The number of nitro groups is 1. The Hall–Kier alpha value is -2.49. The first-order chi connectivity index (χ1) is 11.6. The number of ether oxygens (including phenoxy) is 3. The number of carbonyl (C=O) groups excluding carboxylic acids is 3. The highest BCUT2D eigenvalue weighted by Crippen LogP contribution is 2.12. The van der Waals surface area contributed by atoms with Crippen molar-refractivity contribution in [2.24, 2.45) is 0 Å². The minimum atomic E-state index is -1.44. The molecular weight excluding hydrogens is 338 g/mol. The van der Waals surface area contributed by atoms with Crippen molar-refractivity contribution in [2.45, 2.75) is 58.5 Å². The van der Waals surface area contributed by atoms with Crippen LogP contribution in [0.25, 0.3) is 0 Å². The Morgan fingerprint density at radius 1 is 1.08 bits per heavy atom. The maximum absolute atomic E-state index is 11.3. The molecule has 0 aliphatic rings. The number of esters is 3. The van der Waals surface area contributed by atoms with E-state index in [4.69, 9.17) is 14.2 Å². The standard InChI is InChI=1S/C15H23NO9/c1-5-12(16(21)22)13(20)6-7-14(24-10(3)18)15(25-11(4)19)8-23-9(2)17/h6-7,12-15,20H,5,8H2,1-4H3/b7-6-/t12?,13?,14-,15+/m1/s1. The number of aliphatic hydroxyl groups is 1. The Morgan fingerprint density at radius 3 is 2.04 bits per heavy atom. The van der Waals surface area contributed by atoms with Gasteiger partial charge < -0.3 is 19.3 Å². The molecule has 10 heteroatoms. The predicted octanol–water partition coefficient (Wildman–Crippen LogP) is 0.385. The van der Waals surface area contributed by atoms with E-state index in [0.29, 0.717) is 0 Å². The van der Waals surface area contributed by atoms with Crippen molar-refractivity contribution in [2.75, 3.05) is 6.61 Å². The van der Waals surface area contributed by atoms with E-state index >= 15 is 0 Å². The van der Waals surface area contributed by atoms with Gasteiger partial charge >= 0.3 is 17.9 Å². The zero-order valence-corrected chi connectivity index (χ0v) is 14.5. The van der Waals surface area contributed by atoms with E-state index in [1.165, 1.54) is 6.92 Å². The molecule has 0 saturated heterocycles. The first-order valence-corrected chi connectivity index (χ1v) is 7.56. The summed E-state index contributed by atoms with van der Waals surface area (Å²) < 4.78 is 14.7. The van der Waals surface area contributed by atoms with Gasteiger partial charge in [0.25, 0.3) is 0 Å². The minimum Gasteiger partial charge on any atom is -0.462 e. The lowest BCUT2D eigenvalue weighted by Crippen LogP contribution is -2.38. The van der Waals surface area contributed by atoms with Crippen molar-refractivity contribution in [3.05, 3.63) is 22.3 Å². The van der Waals surface area contributed by atoms with Gasteiger partial charge in [-0.25, -0.2) is 0 Å². The third kappa shape index (κ3) is 9.40. The van der Waals surface area contributed by atoms with Crippen molar-refractivity contribution in [3.8, 4) is 0 Å². The topological polar surface area (TPSA) is 142 Å². The average Bonchev–Trinajstić information content (AvgIpc) is 2.47. The van der Waals surface area contributed by atoms with Crippen molar-refractivity contribution >= 4 is 17.9 Å². The van der Waals surface area contributed by atoms with Gasteiger partial charge in [0.1, 0.15) is 12.7 Å². The summed E-state index contributed by atoms with van der Waals surface area (Å²) in [4.78, 5) is 43.6. The van der Waals surface area contributed by atoms with Gasteiger partial charge in [0.2, 0.25) is 6.04 Å². The SMILES string of the molecule is CCC(C(O)/C=C\[C@@H](OC(C)=O)[C@H](COC(C)=O)OC(C)=O)[N+](=O)[O-]. The molecule has 2 unspecified atom stereocenters. The normalized spacial score (nSPS) is 15.7. The largest absolute Gasteiger partial charge is 0.462 e. The van der Waals surface area contributed by atoms with Crippen molar-refractivity contribution in [1.82, 2.24) is 0 Å². The summed E-state index contributed by atoms with van der Waals surface area (Å²) in [6, 6.07) is -1.24. The van der Waals surface area contributed by atoms with Crippen LogP contribution in [0.3, 0.4) is 0 Å². The fraction of sp³-hybridized carbons (Fsp3) is 0.667. The monoisotopic (exact) mass is 361 g/mol. The summed E-state index contributed by atoms with van der Waals surface area (Å²) in [6.07, 6.45) is -1.48. The van der Waals surface area contributed by atoms with E-state index in [0.717, 1.165) is 32.9 Å². The molecule has 4 atom stereocenters. The van der Waals surface area contributed by atoms with Crippen LogP contribution in [0.1, 0.15) is 34.1 Å². The van der Waals surface area contributed by atoms with E-state index < -0.39 is 47.2 Å². The Balaban J connectivity index is 5.35. The molecule has 0 amide bonds. The number of rotatable bonds is 10. The molecule has 0 bridgehead atoms. The number of aliphatic hydroxyl groups excluding tert-OH is 1. The smallest absolute Gasteiger partial charge is 0.303 e. The van der Waals surface area contributed by atoms with Crippen molar-refractivity contribution < 1.29 is 38.6 Å². The molecule has 0 aromatic carbocycles. The molecule has 0 aliphatic heterocycles. The minimum absolute atomic E-state index is 0.0809. The fourth-order valence-corrected chi connectivity index (χ4v) is 1.91. The lowest BCUT2D eigenvalue weighted by molar-refractivity contribution is -0.531. The lowest BCUT2D eigenvalue weighted by Gasteiger charge is -2.24. The van der Waals surface area contributed by atoms with E-state index in [1.54, 1.807) is 0 Å². The van der Waals surface area contributed by atoms with E-state index in [1.807, 2.05) is 0 Å². The lowest BCUT2D eigenvalue weighted by atomic mass is 10.1. The summed E-state index contributed by atoms with van der Waals surface area (Å²) >= 11 is 0. The zero-order chi connectivity index (χ0) is 19.6. The molecule has 1 N–H and O–H groups in total. The number of hydrogen-bond donors (Lipinski definition) is 1. The molecule has 0 saturated carbocycles. The third-order valence-electron chi connectivity index (χ3n) is 3.02. The van der Waals surface area contributed by atoms with Crippen LogP contribution in [-0.2, 0) is 28.6 Å². The quantitative estimate of drug-likeness (QED) is 0.192. The van der Waals surface area contributed by atoms with Crippen LogP contribution < -0.4 is 0 Å². The van der Waals surface area contributed by atoms with Gasteiger partial charge in [0.15, 0.2) is 12.2 Å². The average molecular weight is 361 g/mol. The highest BCUT2D eigenvalue weighted by Gasteiger charge is 2.29. The van der Waals surface area contributed by atoms with Crippen LogP contribution in [0.2, 0.25) is 0 Å². The van der Waals surface area contributed by atoms with Crippen LogP contribution in [0, 0.1) is 10.1 Å². The summed E-state index contributed by atoms with van der Waals surface area (Å²) in [6.45, 7) is 4.52. The summed E-state index contributed by atoms with van der Waals surface area (Å²) in [5, 5.41) is 20.7. The molecule has 0 aliphatic carbocycles. The maximum atomic E-state index is 11.3. The number of hydrogen-bond acceptors (Lipinski definition) is 9. The number of carbonyl (C=O) groups is 3. The van der Waals surface area contributed by atoms with Crippen molar-refractivity contribution in [1.29, 1.82) is 0 Å². The zero-order valence-electron chi connectivity index (χ0n) is 14.5. The van der Waals surface area contributed by atoms with E-state index in [9.17, 15) is 29.6 Å². The molecule has 25 heavy (non-hydrogen) atoms. The molecule has 0 rings (SSSR count). The first-order valence-electron chi connectivity index (χ1n) is 7.56. The Morgan fingerprint density at radius 2 is 1.64 bits per heavy atom. The summed E-state index contributed by atoms with van der Waals surface area (Å²) in [5.74, 6) is -2.06. The molecule has 0 radical (unpaired) electrons. The molecule has 10 nitrogen and oxygen atoms in total. The van der Waals surface area contributed by atoms with Crippen LogP contribution in [0.15, 0.2) is 12.2 Å². The molecule has 0 heterocycles. The summed E-state index contributed by atoms with van der Waals surface area (Å²) in [7, 11) is 0. The van der Waals surface area contributed by atoms with Gasteiger partial charge in [-0.2, -0.15) is 0 Å². The van der Waals surface area contributed by atoms with Gasteiger partial charge in [-0.1, -0.05) is 6.92 Å². The number of nitrogens with zero attached hydrogens (tertiary/aromatic N) is 1. The second-order valence-electron chi connectivity index (χ2n) is 5.16. The first kappa shape index (κ1) is 22.5. The second kappa shape index (κ2) is 11.1. The Kier molecular flexibility index (Phi) is 10.0. The highest BCUT2D eigenvalue weighted by molar-refractivity contribution is 5.68.